The molecule has 116 valence electrons. The molecule has 0 atom stereocenters. The van der Waals surface area contributed by atoms with E-state index >= 15 is 0 Å². The number of ether oxygens (including phenoxy) is 1. The number of likely N-dealkylation sites (tertiary alicyclic amines) is 1. The standard InChI is InChI=1S/C13H21N5O3/c1-13(2,3)21-12(20)18-6-4-9(5-7-18)10(19)16-11-14-8-15-17-11/h8-9H,4-7H2,1-3H3,(H2,14,15,16,17,19). The van der Waals surface area contributed by atoms with Gasteiger partial charge in [0.2, 0.25) is 11.9 Å². The smallest absolute Gasteiger partial charge is 0.410 e. The van der Waals surface area contributed by atoms with E-state index < -0.39 is 5.60 Å². The Morgan fingerprint density at radius 1 is 1.38 bits per heavy atom. The molecule has 1 aromatic heterocycles. The van der Waals surface area contributed by atoms with Gasteiger partial charge in [0.1, 0.15) is 11.9 Å². The molecule has 2 amide bonds. The van der Waals surface area contributed by atoms with E-state index in [2.05, 4.69) is 20.5 Å². The molecule has 1 fully saturated rings. The van der Waals surface area contributed by atoms with E-state index in [9.17, 15) is 9.59 Å². The summed E-state index contributed by atoms with van der Waals surface area (Å²) >= 11 is 0. The van der Waals surface area contributed by atoms with Crippen molar-refractivity contribution < 1.29 is 14.3 Å². The van der Waals surface area contributed by atoms with E-state index in [1.807, 2.05) is 20.8 Å². The molecular weight excluding hydrogens is 274 g/mol. The number of piperidine rings is 1. The Bertz CT molecular complexity index is 486. The largest absolute Gasteiger partial charge is 0.444 e. The molecule has 0 bridgehead atoms. The molecule has 8 heteroatoms. The van der Waals surface area contributed by atoms with Crippen LogP contribution in [-0.4, -0.2) is 50.8 Å². The van der Waals surface area contributed by atoms with Gasteiger partial charge in [-0.05, 0) is 33.6 Å². The number of rotatable bonds is 2. The van der Waals surface area contributed by atoms with Gasteiger partial charge in [0.25, 0.3) is 0 Å². The summed E-state index contributed by atoms with van der Waals surface area (Å²) in [7, 11) is 0. The van der Waals surface area contributed by atoms with E-state index in [1.165, 1.54) is 6.33 Å². The quantitative estimate of drug-likeness (QED) is 0.858. The minimum atomic E-state index is -0.502. The second-order valence-electron chi connectivity index (χ2n) is 6.06. The molecule has 8 nitrogen and oxygen atoms in total. The Morgan fingerprint density at radius 2 is 2.05 bits per heavy atom. The maximum Gasteiger partial charge on any atom is 0.410 e. The van der Waals surface area contributed by atoms with Crippen LogP contribution in [0.25, 0.3) is 0 Å². The van der Waals surface area contributed by atoms with Crippen molar-refractivity contribution in [2.24, 2.45) is 5.92 Å². The van der Waals surface area contributed by atoms with Crippen LogP contribution in [0, 0.1) is 5.92 Å². The number of H-pyrrole nitrogens is 1. The van der Waals surface area contributed by atoms with Gasteiger partial charge in [0.15, 0.2) is 0 Å². The first-order valence-corrected chi connectivity index (χ1v) is 6.99. The lowest BCUT2D eigenvalue weighted by atomic mass is 9.96. The SMILES string of the molecule is CC(C)(C)OC(=O)N1CCC(C(=O)Nc2ncn[nH]2)CC1. The van der Waals surface area contributed by atoms with Crippen LogP contribution in [0.15, 0.2) is 6.33 Å². The van der Waals surface area contributed by atoms with Crippen LogP contribution in [0.2, 0.25) is 0 Å². The Balaban J connectivity index is 1.80. The van der Waals surface area contributed by atoms with Crippen molar-refractivity contribution >= 4 is 17.9 Å². The maximum absolute atomic E-state index is 12.0. The number of nitrogens with one attached hydrogen (secondary N) is 2. The molecule has 0 aliphatic carbocycles. The van der Waals surface area contributed by atoms with Gasteiger partial charge in [-0.15, -0.1) is 0 Å². The number of aromatic nitrogens is 3. The molecule has 1 aromatic rings. The molecule has 0 radical (unpaired) electrons. The molecule has 1 saturated heterocycles. The molecule has 1 aliphatic rings. The lowest BCUT2D eigenvalue weighted by Gasteiger charge is -2.32. The van der Waals surface area contributed by atoms with Gasteiger partial charge in [0.05, 0.1) is 0 Å². The number of anilines is 1. The number of amides is 2. The van der Waals surface area contributed by atoms with Crippen LogP contribution < -0.4 is 5.32 Å². The number of hydrogen-bond donors (Lipinski definition) is 2. The van der Waals surface area contributed by atoms with E-state index in [0.29, 0.717) is 31.9 Å². The summed E-state index contributed by atoms with van der Waals surface area (Å²) < 4.78 is 5.32. The Hall–Kier alpha value is -2.12. The number of carbonyl (C=O) groups excluding carboxylic acids is 2. The molecule has 2 N–H and O–H groups in total. The first-order chi connectivity index (χ1) is 9.85. The number of hydrogen-bond acceptors (Lipinski definition) is 5. The van der Waals surface area contributed by atoms with Crippen LogP contribution >= 0.6 is 0 Å². The van der Waals surface area contributed by atoms with Gasteiger partial charge in [0, 0.05) is 19.0 Å². The summed E-state index contributed by atoms with van der Waals surface area (Å²) in [6.07, 6.45) is 2.23. The topological polar surface area (TPSA) is 100 Å². The first kappa shape index (κ1) is 15.3. The van der Waals surface area contributed by atoms with Crippen molar-refractivity contribution in [2.45, 2.75) is 39.2 Å². The zero-order chi connectivity index (χ0) is 15.5. The molecule has 0 saturated carbocycles. The molecule has 0 unspecified atom stereocenters. The lowest BCUT2D eigenvalue weighted by Crippen LogP contribution is -2.43. The number of aromatic amines is 1. The second-order valence-corrected chi connectivity index (χ2v) is 6.06. The fourth-order valence-electron chi connectivity index (χ4n) is 2.14. The minimum absolute atomic E-state index is 0.101. The number of nitrogens with zero attached hydrogens (tertiary/aromatic N) is 3. The average Bonchev–Trinajstić information content (AvgIpc) is 2.90. The van der Waals surface area contributed by atoms with Crippen LogP contribution in [0.3, 0.4) is 0 Å². The van der Waals surface area contributed by atoms with Crippen LogP contribution in [0.5, 0.6) is 0 Å². The minimum Gasteiger partial charge on any atom is -0.444 e. The second kappa shape index (κ2) is 6.11. The highest BCUT2D eigenvalue weighted by molar-refractivity contribution is 5.91. The molecule has 1 aliphatic heterocycles. The predicted octanol–water partition coefficient (Wildman–Crippen LogP) is 1.39. The molecule has 2 heterocycles. The van der Waals surface area contributed by atoms with Crippen LogP contribution in [-0.2, 0) is 9.53 Å². The normalized spacial score (nSPS) is 16.6. The van der Waals surface area contributed by atoms with E-state index in [1.54, 1.807) is 4.90 Å². The van der Waals surface area contributed by atoms with Crippen molar-refractivity contribution in [3.63, 3.8) is 0 Å². The number of carbonyl (C=O) groups is 2. The zero-order valence-electron chi connectivity index (χ0n) is 12.5. The summed E-state index contributed by atoms with van der Waals surface area (Å²) in [5.74, 6) is 0.110. The fourth-order valence-corrected chi connectivity index (χ4v) is 2.14. The molecular formula is C13H21N5O3. The van der Waals surface area contributed by atoms with Gasteiger partial charge < -0.3 is 9.64 Å². The predicted molar refractivity (Wildman–Crippen MR) is 75.5 cm³/mol. The van der Waals surface area contributed by atoms with E-state index in [4.69, 9.17) is 4.74 Å². The van der Waals surface area contributed by atoms with Gasteiger partial charge in [-0.3, -0.25) is 10.1 Å². The summed E-state index contributed by atoms with van der Waals surface area (Å²) in [5.41, 5.74) is -0.502. The van der Waals surface area contributed by atoms with Crippen molar-refractivity contribution in [3.05, 3.63) is 6.33 Å². The lowest BCUT2D eigenvalue weighted by molar-refractivity contribution is -0.121. The van der Waals surface area contributed by atoms with E-state index in [-0.39, 0.29) is 17.9 Å². The van der Waals surface area contributed by atoms with Gasteiger partial charge >= 0.3 is 6.09 Å². The molecule has 0 aromatic carbocycles. The monoisotopic (exact) mass is 295 g/mol. The maximum atomic E-state index is 12.0. The Labute approximate surface area is 123 Å². The van der Waals surface area contributed by atoms with Crippen molar-refractivity contribution in [3.8, 4) is 0 Å². The molecule has 21 heavy (non-hydrogen) atoms. The first-order valence-electron chi connectivity index (χ1n) is 6.99. The fraction of sp³-hybridized carbons (Fsp3) is 0.692. The van der Waals surface area contributed by atoms with Crippen molar-refractivity contribution in [2.75, 3.05) is 18.4 Å². The highest BCUT2D eigenvalue weighted by Crippen LogP contribution is 2.20. The highest BCUT2D eigenvalue weighted by Gasteiger charge is 2.30. The van der Waals surface area contributed by atoms with E-state index in [0.717, 1.165) is 0 Å². The summed E-state index contributed by atoms with van der Waals surface area (Å²) in [4.78, 5) is 29.5. The summed E-state index contributed by atoms with van der Waals surface area (Å²) in [5, 5.41) is 8.92. The Morgan fingerprint density at radius 3 is 2.57 bits per heavy atom. The third kappa shape index (κ3) is 4.44. The van der Waals surface area contributed by atoms with Crippen LogP contribution in [0.4, 0.5) is 10.7 Å². The van der Waals surface area contributed by atoms with Crippen molar-refractivity contribution in [1.29, 1.82) is 0 Å². The summed E-state index contributed by atoms with van der Waals surface area (Å²) in [6, 6.07) is 0. The third-order valence-corrected chi connectivity index (χ3v) is 3.17. The van der Waals surface area contributed by atoms with Gasteiger partial charge in [-0.1, -0.05) is 0 Å². The molecule has 0 spiro atoms. The highest BCUT2D eigenvalue weighted by atomic mass is 16.6. The van der Waals surface area contributed by atoms with Crippen molar-refractivity contribution in [1.82, 2.24) is 20.1 Å². The van der Waals surface area contributed by atoms with Gasteiger partial charge in [-0.2, -0.15) is 10.1 Å². The summed E-state index contributed by atoms with van der Waals surface area (Å²) in [6.45, 7) is 6.54. The zero-order valence-corrected chi connectivity index (χ0v) is 12.5. The average molecular weight is 295 g/mol. The van der Waals surface area contributed by atoms with Gasteiger partial charge in [-0.25, -0.2) is 9.89 Å². The third-order valence-electron chi connectivity index (χ3n) is 3.17. The van der Waals surface area contributed by atoms with Crippen LogP contribution in [0.1, 0.15) is 33.6 Å². The molecule has 2 rings (SSSR count). The Kier molecular flexibility index (Phi) is 4.44.